The Morgan fingerprint density at radius 3 is 2.20 bits per heavy atom. The van der Waals surface area contributed by atoms with E-state index in [0.29, 0.717) is 17.5 Å². The van der Waals surface area contributed by atoms with Gasteiger partial charge in [-0.3, -0.25) is 0 Å². The van der Waals surface area contributed by atoms with Crippen molar-refractivity contribution in [1.29, 1.82) is 0 Å². The van der Waals surface area contributed by atoms with Crippen LogP contribution in [0.15, 0.2) is 40.9 Å². The van der Waals surface area contributed by atoms with Gasteiger partial charge in [0, 0.05) is 17.8 Å². The second-order valence-electron chi connectivity index (χ2n) is 7.05. The Kier molecular flexibility index (Phi) is 4.44. The number of nitrogens with one attached hydrogen (secondary N) is 2. The first-order chi connectivity index (χ1) is 11.8. The van der Waals surface area contributed by atoms with Gasteiger partial charge in [0.1, 0.15) is 23.2 Å². The van der Waals surface area contributed by atoms with Crippen molar-refractivity contribution in [3.05, 3.63) is 53.5 Å². The molecule has 0 aliphatic rings. The number of benzene rings is 1. The molecule has 25 heavy (non-hydrogen) atoms. The molecular weight excluding hydrogens is 314 g/mol. The van der Waals surface area contributed by atoms with Crippen LogP contribution in [-0.2, 0) is 5.41 Å². The first kappa shape index (κ1) is 17.0. The minimum Gasteiger partial charge on any atom is -0.360 e. The van der Waals surface area contributed by atoms with Crippen LogP contribution in [0.5, 0.6) is 0 Å². The van der Waals surface area contributed by atoms with E-state index < -0.39 is 0 Å². The maximum atomic E-state index is 5.07. The van der Waals surface area contributed by atoms with Gasteiger partial charge in [0.15, 0.2) is 5.82 Å². The van der Waals surface area contributed by atoms with Crippen LogP contribution < -0.4 is 10.6 Å². The van der Waals surface area contributed by atoms with Gasteiger partial charge in [0.25, 0.3) is 0 Å². The van der Waals surface area contributed by atoms with Gasteiger partial charge in [-0.2, -0.15) is 0 Å². The zero-order valence-electron chi connectivity index (χ0n) is 15.2. The summed E-state index contributed by atoms with van der Waals surface area (Å²) >= 11 is 0. The Labute approximate surface area is 147 Å². The predicted octanol–water partition coefficient (Wildman–Crippen LogP) is 4.87. The van der Waals surface area contributed by atoms with Crippen LogP contribution in [0, 0.1) is 13.8 Å². The lowest BCUT2D eigenvalue weighted by Gasteiger charge is -2.23. The Balaban J connectivity index is 1.89. The van der Waals surface area contributed by atoms with Crippen molar-refractivity contribution in [2.75, 3.05) is 10.6 Å². The number of aryl methyl sites for hydroxylation is 2. The quantitative estimate of drug-likeness (QED) is 0.707. The molecule has 0 bridgehead atoms. The van der Waals surface area contributed by atoms with E-state index in [2.05, 4.69) is 64.7 Å². The van der Waals surface area contributed by atoms with Crippen molar-refractivity contribution >= 4 is 23.1 Å². The standard InChI is InChI=1S/C19H23N5O/c1-12-10-18(24-25-12)23-17-11-16(20-13(2)21-17)22-15-9-7-6-8-14(15)19(3,4)5/h6-11H,1-5H3,(H2,20,21,22,23,24). The molecule has 0 amide bonds. The van der Waals surface area contributed by atoms with Crippen molar-refractivity contribution in [2.45, 2.75) is 40.0 Å². The van der Waals surface area contributed by atoms with Gasteiger partial charge >= 0.3 is 0 Å². The number of anilines is 4. The van der Waals surface area contributed by atoms with Crippen LogP contribution in [-0.4, -0.2) is 15.1 Å². The summed E-state index contributed by atoms with van der Waals surface area (Å²) in [6.45, 7) is 10.3. The molecular formula is C19H23N5O. The van der Waals surface area contributed by atoms with Crippen molar-refractivity contribution in [3.63, 3.8) is 0 Å². The van der Waals surface area contributed by atoms with Crippen molar-refractivity contribution in [1.82, 2.24) is 15.1 Å². The predicted molar refractivity (Wildman–Crippen MR) is 99.7 cm³/mol. The highest BCUT2D eigenvalue weighted by molar-refractivity contribution is 5.65. The summed E-state index contributed by atoms with van der Waals surface area (Å²) in [7, 11) is 0. The molecule has 0 saturated carbocycles. The van der Waals surface area contributed by atoms with Crippen LogP contribution in [0.3, 0.4) is 0 Å². The first-order valence-electron chi connectivity index (χ1n) is 8.24. The van der Waals surface area contributed by atoms with Gasteiger partial charge in [-0.1, -0.05) is 44.1 Å². The second kappa shape index (κ2) is 6.55. The molecule has 1 aromatic carbocycles. The van der Waals surface area contributed by atoms with Crippen molar-refractivity contribution in [3.8, 4) is 0 Å². The van der Waals surface area contributed by atoms with E-state index in [4.69, 9.17) is 4.52 Å². The lowest BCUT2D eigenvalue weighted by molar-refractivity contribution is 0.400. The molecule has 6 nitrogen and oxygen atoms in total. The highest BCUT2D eigenvalue weighted by atomic mass is 16.5. The normalized spacial score (nSPS) is 11.4. The summed E-state index contributed by atoms with van der Waals surface area (Å²) in [6, 6.07) is 11.9. The molecule has 2 N–H and O–H groups in total. The maximum absolute atomic E-state index is 5.07. The second-order valence-corrected chi connectivity index (χ2v) is 7.05. The average Bonchev–Trinajstić information content (AvgIpc) is 2.91. The number of hydrogen-bond acceptors (Lipinski definition) is 6. The van der Waals surface area contributed by atoms with E-state index in [9.17, 15) is 0 Å². The molecule has 0 radical (unpaired) electrons. The summed E-state index contributed by atoms with van der Waals surface area (Å²) in [5, 5.41) is 10.5. The smallest absolute Gasteiger partial charge is 0.175 e. The Morgan fingerprint density at radius 2 is 1.56 bits per heavy atom. The lowest BCUT2D eigenvalue weighted by atomic mass is 9.86. The van der Waals surface area contributed by atoms with Gasteiger partial charge in [0.2, 0.25) is 0 Å². The SMILES string of the molecule is Cc1nc(Nc2cc(C)on2)cc(Nc2ccccc2C(C)(C)C)n1. The Hall–Kier alpha value is -2.89. The zero-order valence-corrected chi connectivity index (χ0v) is 15.2. The van der Waals surface area contributed by atoms with Gasteiger partial charge in [0.05, 0.1) is 0 Å². The van der Waals surface area contributed by atoms with E-state index in [0.717, 1.165) is 17.3 Å². The fourth-order valence-electron chi connectivity index (χ4n) is 2.64. The van der Waals surface area contributed by atoms with E-state index in [1.807, 2.05) is 32.0 Å². The molecule has 0 fully saturated rings. The molecule has 0 spiro atoms. The van der Waals surface area contributed by atoms with Crippen LogP contribution >= 0.6 is 0 Å². The van der Waals surface area contributed by atoms with Crippen molar-refractivity contribution in [2.24, 2.45) is 0 Å². The van der Waals surface area contributed by atoms with Gasteiger partial charge in [-0.25, -0.2) is 9.97 Å². The molecule has 130 valence electrons. The third-order valence-corrected chi connectivity index (χ3v) is 3.72. The Bertz CT molecular complexity index is 880. The number of hydrogen-bond donors (Lipinski definition) is 2. The molecule has 0 saturated heterocycles. The molecule has 6 heteroatoms. The molecule has 2 heterocycles. The monoisotopic (exact) mass is 337 g/mol. The molecule has 0 aliphatic carbocycles. The highest BCUT2D eigenvalue weighted by Crippen LogP contribution is 2.31. The summed E-state index contributed by atoms with van der Waals surface area (Å²) in [5.41, 5.74) is 2.30. The average molecular weight is 337 g/mol. The zero-order chi connectivity index (χ0) is 18.0. The fourth-order valence-corrected chi connectivity index (χ4v) is 2.64. The fraction of sp³-hybridized carbons (Fsp3) is 0.316. The van der Waals surface area contributed by atoms with E-state index in [-0.39, 0.29) is 5.41 Å². The summed E-state index contributed by atoms with van der Waals surface area (Å²) < 4.78 is 5.07. The molecule has 0 unspecified atom stereocenters. The van der Waals surface area contributed by atoms with Gasteiger partial charge in [-0.05, 0) is 30.9 Å². The maximum Gasteiger partial charge on any atom is 0.175 e. The molecule has 3 aromatic rings. The minimum absolute atomic E-state index is 0.0327. The van der Waals surface area contributed by atoms with Gasteiger partial charge in [-0.15, -0.1) is 0 Å². The molecule has 0 aliphatic heterocycles. The number of aromatic nitrogens is 3. The topological polar surface area (TPSA) is 75.9 Å². The first-order valence-corrected chi connectivity index (χ1v) is 8.24. The summed E-state index contributed by atoms with van der Waals surface area (Å²) in [6.07, 6.45) is 0. The lowest BCUT2D eigenvalue weighted by Crippen LogP contribution is -2.14. The van der Waals surface area contributed by atoms with Crippen molar-refractivity contribution < 1.29 is 4.52 Å². The Morgan fingerprint density at radius 1 is 0.880 bits per heavy atom. The highest BCUT2D eigenvalue weighted by Gasteiger charge is 2.18. The summed E-state index contributed by atoms with van der Waals surface area (Å²) in [4.78, 5) is 8.90. The number of rotatable bonds is 4. The third kappa shape index (κ3) is 4.15. The largest absolute Gasteiger partial charge is 0.360 e. The van der Waals surface area contributed by atoms with Crippen LogP contribution in [0.2, 0.25) is 0 Å². The number of nitrogens with zero attached hydrogens (tertiary/aromatic N) is 3. The van der Waals surface area contributed by atoms with E-state index in [1.54, 1.807) is 0 Å². The molecule has 0 atom stereocenters. The van der Waals surface area contributed by atoms with Crippen LogP contribution in [0.25, 0.3) is 0 Å². The number of para-hydroxylation sites is 1. The van der Waals surface area contributed by atoms with E-state index in [1.165, 1.54) is 5.56 Å². The summed E-state index contributed by atoms with van der Waals surface area (Å²) in [5.74, 6) is 3.42. The van der Waals surface area contributed by atoms with Gasteiger partial charge < -0.3 is 15.2 Å². The molecule has 2 aromatic heterocycles. The molecule has 3 rings (SSSR count). The van der Waals surface area contributed by atoms with Crippen LogP contribution in [0.4, 0.5) is 23.1 Å². The van der Waals surface area contributed by atoms with Crippen LogP contribution in [0.1, 0.15) is 37.9 Å². The van der Waals surface area contributed by atoms with E-state index >= 15 is 0 Å². The minimum atomic E-state index is 0.0327. The third-order valence-electron chi connectivity index (χ3n) is 3.72.